The second-order valence-corrected chi connectivity index (χ2v) is 9.08. The number of benzene rings is 1. The molecule has 2 aromatic heterocycles. The Hall–Kier alpha value is -3.20. The van der Waals surface area contributed by atoms with Crippen LogP contribution < -0.4 is 15.4 Å². The molecule has 3 aromatic rings. The maximum atomic E-state index is 12.8. The van der Waals surface area contributed by atoms with Gasteiger partial charge in [0.25, 0.3) is 5.91 Å². The molecule has 174 valence electrons. The van der Waals surface area contributed by atoms with E-state index in [0.717, 1.165) is 53.2 Å². The summed E-state index contributed by atoms with van der Waals surface area (Å²) in [7, 11) is 1.66. The number of rotatable bonds is 10. The summed E-state index contributed by atoms with van der Waals surface area (Å²) in [6.07, 6.45) is 4.67. The molecule has 0 spiro atoms. The number of methoxy groups -OCH3 is 1. The highest BCUT2D eigenvalue weighted by Crippen LogP contribution is 2.33. The maximum absolute atomic E-state index is 12.8. The number of fused-ring (bicyclic) bond motifs is 1. The van der Waals surface area contributed by atoms with Gasteiger partial charge in [0.15, 0.2) is 0 Å². The first-order valence-electron chi connectivity index (χ1n) is 11.2. The number of aryl methyl sites for hydroxylation is 1. The van der Waals surface area contributed by atoms with E-state index in [1.807, 2.05) is 30.0 Å². The SMILES string of the molecule is COc1cccc(CCNc2ncnc3sc(C(=O)NCCCN4CCCC4=O)c(C)c23)c1. The highest BCUT2D eigenvalue weighted by atomic mass is 32.1. The van der Waals surface area contributed by atoms with Crippen molar-refractivity contribution >= 4 is 39.2 Å². The van der Waals surface area contributed by atoms with E-state index >= 15 is 0 Å². The Bertz CT molecular complexity index is 1150. The van der Waals surface area contributed by atoms with E-state index in [1.54, 1.807) is 7.11 Å². The van der Waals surface area contributed by atoms with Crippen molar-refractivity contribution in [2.75, 3.05) is 38.6 Å². The van der Waals surface area contributed by atoms with Crippen LogP contribution in [0.5, 0.6) is 5.75 Å². The number of nitrogens with one attached hydrogen (secondary N) is 2. The molecule has 1 aliphatic heterocycles. The molecule has 0 radical (unpaired) electrons. The number of carbonyl (C=O) groups is 2. The average molecular weight is 468 g/mol. The zero-order valence-corrected chi connectivity index (χ0v) is 19.8. The van der Waals surface area contributed by atoms with Crippen LogP contribution >= 0.6 is 11.3 Å². The molecule has 1 aromatic carbocycles. The molecule has 0 saturated carbocycles. The fourth-order valence-electron chi connectivity index (χ4n) is 4.07. The monoisotopic (exact) mass is 467 g/mol. The lowest BCUT2D eigenvalue weighted by Crippen LogP contribution is -2.30. The number of likely N-dealkylation sites (tertiary alicyclic amines) is 1. The van der Waals surface area contributed by atoms with E-state index in [1.165, 1.54) is 23.2 Å². The van der Waals surface area contributed by atoms with Gasteiger partial charge in [0, 0.05) is 32.6 Å². The summed E-state index contributed by atoms with van der Waals surface area (Å²) in [6, 6.07) is 8.00. The first-order chi connectivity index (χ1) is 16.1. The Balaban J connectivity index is 1.36. The molecule has 2 N–H and O–H groups in total. The van der Waals surface area contributed by atoms with Crippen LogP contribution in [0.2, 0.25) is 0 Å². The first kappa shape index (κ1) is 23.0. The van der Waals surface area contributed by atoms with E-state index < -0.39 is 0 Å². The molecule has 4 rings (SSSR count). The third-order valence-corrected chi connectivity index (χ3v) is 7.03. The minimum absolute atomic E-state index is 0.106. The highest BCUT2D eigenvalue weighted by molar-refractivity contribution is 7.20. The fraction of sp³-hybridized carbons (Fsp3) is 0.417. The van der Waals surface area contributed by atoms with Gasteiger partial charge in [0.1, 0.15) is 22.7 Å². The quantitative estimate of drug-likeness (QED) is 0.444. The largest absolute Gasteiger partial charge is 0.497 e. The van der Waals surface area contributed by atoms with E-state index in [-0.39, 0.29) is 11.8 Å². The van der Waals surface area contributed by atoms with Crippen molar-refractivity contribution in [2.24, 2.45) is 0 Å². The van der Waals surface area contributed by atoms with Crippen LogP contribution in [0.25, 0.3) is 10.2 Å². The van der Waals surface area contributed by atoms with E-state index in [2.05, 4.69) is 26.7 Å². The summed E-state index contributed by atoms with van der Waals surface area (Å²) in [5.41, 5.74) is 2.05. The minimum Gasteiger partial charge on any atom is -0.497 e. The van der Waals surface area contributed by atoms with E-state index in [4.69, 9.17) is 4.74 Å². The Morgan fingerprint density at radius 2 is 2.15 bits per heavy atom. The number of thiophene rings is 1. The Morgan fingerprint density at radius 1 is 1.27 bits per heavy atom. The summed E-state index contributed by atoms with van der Waals surface area (Å²) >= 11 is 1.38. The number of carbonyl (C=O) groups excluding carboxylic acids is 2. The summed E-state index contributed by atoms with van der Waals surface area (Å²) < 4.78 is 5.29. The van der Waals surface area contributed by atoms with Gasteiger partial charge in [-0.25, -0.2) is 9.97 Å². The van der Waals surface area contributed by atoms with Crippen molar-refractivity contribution in [3.63, 3.8) is 0 Å². The van der Waals surface area contributed by atoms with Gasteiger partial charge in [-0.05, 0) is 49.4 Å². The molecule has 9 heteroatoms. The molecule has 0 aliphatic carbocycles. The second kappa shape index (κ2) is 10.6. The van der Waals surface area contributed by atoms with Crippen LogP contribution in [-0.2, 0) is 11.2 Å². The van der Waals surface area contributed by atoms with Crippen LogP contribution in [0.4, 0.5) is 5.82 Å². The van der Waals surface area contributed by atoms with Crippen molar-refractivity contribution in [1.29, 1.82) is 0 Å². The van der Waals surface area contributed by atoms with Gasteiger partial charge in [0.05, 0.1) is 17.4 Å². The second-order valence-electron chi connectivity index (χ2n) is 8.08. The van der Waals surface area contributed by atoms with Crippen LogP contribution in [0.15, 0.2) is 30.6 Å². The number of aromatic nitrogens is 2. The van der Waals surface area contributed by atoms with Gasteiger partial charge in [-0.2, -0.15) is 0 Å². The molecule has 2 amide bonds. The third-order valence-electron chi connectivity index (χ3n) is 5.84. The topological polar surface area (TPSA) is 96.4 Å². The Morgan fingerprint density at radius 3 is 2.94 bits per heavy atom. The number of hydrogen-bond donors (Lipinski definition) is 2. The fourth-order valence-corrected chi connectivity index (χ4v) is 5.13. The zero-order valence-electron chi connectivity index (χ0n) is 19.0. The first-order valence-corrected chi connectivity index (χ1v) is 12.1. The number of hydrogen-bond acceptors (Lipinski definition) is 7. The minimum atomic E-state index is -0.106. The number of amides is 2. The van der Waals surface area contributed by atoms with Gasteiger partial charge in [0.2, 0.25) is 5.91 Å². The van der Waals surface area contributed by atoms with Crippen molar-refractivity contribution < 1.29 is 14.3 Å². The lowest BCUT2D eigenvalue weighted by Gasteiger charge is -2.15. The van der Waals surface area contributed by atoms with Crippen LogP contribution in [-0.4, -0.2) is 60.0 Å². The predicted octanol–water partition coefficient (Wildman–Crippen LogP) is 3.41. The molecular weight excluding hydrogens is 438 g/mol. The van der Waals surface area contributed by atoms with Gasteiger partial charge in [-0.3, -0.25) is 9.59 Å². The highest BCUT2D eigenvalue weighted by Gasteiger charge is 2.21. The molecule has 0 unspecified atom stereocenters. The van der Waals surface area contributed by atoms with Crippen LogP contribution in [0, 0.1) is 6.92 Å². The van der Waals surface area contributed by atoms with Gasteiger partial charge in [-0.1, -0.05) is 12.1 Å². The average Bonchev–Trinajstić information content (AvgIpc) is 3.40. The molecule has 1 fully saturated rings. The zero-order chi connectivity index (χ0) is 23.2. The maximum Gasteiger partial charge on any atom is 0.261 e. The molecule has 3 heterocycles. The van der Waals surface area contributed by atoms with Crippen molar-refractivity contribution in [2.45, 2.75) is 32.6 Å². The number of anilines is 1. The molecule has 1 saturated heterocycles. The lowest BCUT2D eigenvalue weighted by atomic mass is 10.1. The Kier molecular flexibility index (Phi) is 7.39. The van der Waals surface area contributed by atoms with E-state index in [0.29, 0.717) is 30.9 Å². The molecular formula is C24H29N5O3S. The van der Waals surface area contributed by atoms with Gasteiger partial charge >= 0.3 is 0 Å². The van der Waals surface area contributed by atoms with Gasteiger partial charge < -0.3 is 20.3 Å². The standard InChI is InChI=1S/C24H29N5O3S/c1-16-20-22(25-11-9-17-6-3-7-18(14-17)32-2)27-15-28-24(20)33-21(16)23(31)26-10-5-13-29-12-4-8-19(29)30/h3,6-7,14-15H,4-5,8-13H2,1-2H3,(H,26,31)(H,25,27,28). The van der Waals surface area contributed by atoms with Gasteiger partial charge in [-0.15, -0.1) is 11.3 Å². The molecule has 1 aliphatic rings. The molecule has 33 heavy (non-hydrogen) atoms. The third kappa shape index (κ3) is 5.42. The summed E-state index contributed by atoms with van der Waals surface area (Å²) in [6.45, 7) is 4.69. The molecule has 0 atom stereocenters. The van der Waals surface area contributed by atoms with Crippen LogP contribution in [0.3, 0.4) is 0 Å². The van der Waals surface area contributed by atoms with Crippen molar-refractivity contribution in [3.8, 4) is 5.75 Å². The summed E-state index contributed by atoms with van der Waals surface area (Å²) in [5, 5.41) is 7.28. The predicted molar refractivity (Wildman–Crippen MR) is 130 cm³/mol. The summed E-state index contributed by atoms with van der Waals surface area (Å²) in [5.74, 6) is 1.69. The van der Waals surface area contributed by atoms with Crippen molar-refractivity contribution in [3.05, 3.63) is 46.6 Å². The number of nitrogens with zero attached hydrogens (tertiary/aromatic N) is 3. The molecule has 8 nitrogen and oxygen atoms in total. The van der Waals surface area contributed by atoms with E-state index in [9.17, 15) is 9.59 Å². The summed E-state index contributed by atoms with van der Waals surface area (Å²) in [4.78, 5) is 36.6. The number of ether oxygens (including phenoxy) is 1. The smallest absolute Gasteiger partial charge is 0.261 e. The molecule has 0 bridgehead atoms. The van der Waals surface area contributed by atoms with Crippen LogP contribution in [0.1, 0.15) is 40.1 Å². The normalized spacial score (nSPS) is 13.5. The van der Waals surface area contributed by atoms with Crippen molar-refractivity contribution in [1.82, 2.24) is 20.2 Å². The Labute approximate surface area is 197 Å². The lowest BCUT2D eigenvalue weighted by molar-refractivity contribution is -0.127.